The van der Waals surface area contributed by atoms with E-state index in [0.29, 0.717) is 5.69 Å². The molecule has 0 aromatic heterocycles. The van der Waals surface area contributed by atoms with Crippen LogP contribution in [0.1, 0.15) is 0 Å². The van der Waals surface area contributed by atoms with Crippen LogP contribution in [0.4, 0.5) is 5.69 Å². The SMILES string of the molecule is O=S1(=O)ONN(c2cccc(Br)c2)O1. The molecule has 0 unspecified atom stereocenters. The molecule has 0 bridgehead atoms. The van der Waals surface area contributed by atoms with Crippen molar-refractivity contribution in [1.82, 2.24) is 5.59 Å². The average Bonchev–Trinajstić information content (AvgIpc) is 2.46. The van der Waals surface area contributed by atoms with Gasteiger partial charge in [-0.05, 0) is 18.2 Å². The molecular formula is C6H5BrN2O4S. The monoisotopic (exact) mass is 280 g/mol. The van der Waals surface area contributed by atoms with Gasteiger partial charge in [-0.25, -0.2) is 0 Å². The van der Waals surface area contributed by atoms with E-state index in [2.05, 4.69) is 30.1 Å². The van der Waals surface area contributed by atoms with Gasteiger partial charge in [0.2, 0.25) is 0 Å². The van der Waals surface area contributed by atoms with Gasteiger partial charge in [-0.15, -0.1) is 13.7 Å². The number of anilines is 1. The van der Waals surface area contributed by atoms with E-state index in [0.717, 1.165) is 9.64 Å². The van der Waals surface area contributed by atoms with Crippen LogP contribution in [0.3, 0.4) is 0 Å². The van der Waals surface area contributed by atoms with Crippen LogP contribution in [0.2, 0.25) is 0 Å². The van der Waals surface area contributed by atoms with Gasteiger partial charge in [-0.1, -0.05) is 27.6 Å². The van der Waals surface area contributed by atoms with E-state index in [1.165, 1.54) is 0 Å². The largest absolute Gasteiger partial charge is 0.440 e. The highest BCUT2D eigenvalue weighted by molar-refractivity contribution is 9.10. The summed E-state index contributed by atoms with van der Waals surface area (Å²) in [4.78, 5) is 0. The Hall–Kier alpha value is -0.670. The van der Waals surface area contributed by atoms with Gasteiger partial charge in [0.15, 0.2) is 0 Å². The smallest absolute Gasteiger partial charge is 0.165 e. The molecule has 8 heteroatoms. The first-order valence-electron chi connectivity index (χ1n) is 3.51. The highest BCUT2D eigenvalue weighted by Gasteiger charge is 2.28. The molecule has 0 spiro atoms. The Morgan fingerprint density at radius 3 is 2.79 bits per heavy atom. The first kappa shape index (κ1) is 9.87. The van der Waals surface area contributed by atoms with E-state index in [1.807, 2.05) is 0 Å². The lowest BCUT2D eigenvalue weighted by molar-refractivity contribution is 0.198. The summed E-state index contributed by atoms with van der Waals surface area (Å²) in [6.45, 7) is 0. The molecule has 0 amide bonds. The maximum absolute atomic E-state index is 10.7. The number of hydrazine groups is 1. The summed E-state index contributed by atoms with van der Waals surface area (Å²) >= 11 is 3.24. The van der Waals surface area contributed by atoms with Gasteiger partial charge in [0.25, 0.3) is 0 Å². The third-order valence-electron chi connectivity index (χ3n) is 1.43. The van der Waals surface area contributed by atoms with Crippen molar-refractivity contribution in [3.05, 3.63) is 28.7 Å². The van der Waals surface area contributed by atoms with E-state index in [-0.39, 0.29) is 0 Å². The number of nitrogens with one attached hydrogen (secondary N) is 1. The van der Waals surface area contributed by atoms with Gasteiger partial charge >= 0.3 is 10.4 Å². The van der Waals surface area contributed by atoms with Crippen LogP contribution in [-0.2, 0) is 19.0 Å². The molecule has 0 saturated carbocycles. The highest BCUT2D eigenvalue weighted by atomic mass is 79.9. The lowest BCUT2D eigenvalue weighted by atomic mass is 10.3. The maximum Gasteiger partial charge on any atom is 0.440 e. The van der Waals surface area contributed by atoms with E-state index in [1.54, 1.807) is 24.3 Å². The molecule has 2 rings (SSSR count). The predicted molar refractivity (Wildman–Crippen MR) is 50.8 cm³/mol. The van der Waals surface area contributed by atoms with Gasteiger partial charge < -0.3 is 0 Å². The van der Waals surface area contributed by atoms with Crippen molar-refractivity contribution in [2.75, 3.05) is 5.17 Å². The number of benzene rings is 1. The van der Waals surface area contributed by atoms with E-state index in [9.17, 15) is 8.42 Å². The molecule has 76 valence electrons. The fraction of sp³-hybridized carbons (Fsp3) is 0. The summed E-state index contributed by atoms with van der Waals surface area (Å²) in [7, 11) is -3.96. The molecule has 1 aliphatic heterocycles. The molecule has 0 aliphatic carbocycles. The average molecular weight is 281 g/mol. The molecular weight excluding hydrogens is 276 g/mol. The van der Waals surface area contributed by atoms with Crippen LogP contribution in [0.25, 0.3) is 0 Å². The molecule has 1 aliphatic rings. The van der Waals surface area contributed by atoms with E-state index < -0.39 is 10.4 Å². The van der Waals surface area contributed by atoms with Gasteiger partial charge in [0.1, 0.15) is 0 Å². The quantitative estimate of drug-likeness (QED) is 0.824. The Kier molecular flexibility index (Phi) is 2.45. The number of hydrogen-bond acceptors (Lipinski definition) is 6. The highest BCUT2D eigenvalue weighted by Crippen LogP contribution is 2.22. The molecule has 1 saturated heterocycles. The number of rotatable bonds is 1. The summed E-state index contributed by atoms with van der Waals surface area (Å²) in [5.74, 6) is 0. The fourth-order valence-electron chi connectivity index (χ4n) is 0.899. The van der Waals surface area contributed by atoms with E-state index in [4.69, 9.17) is 0 Å². The zero-order chi connectivity index (χ0) is 10.2. The summed E-state index contributed by atoms with van der Waals surface area (Å²) in [5, 5.41) is 0.903. The normalized spacial score (nSPS) is 19.9. The molecule has 1 fully saturated rings. The van der Waals surface area contributed by atoms with Gasteiger partial charge in [0.05, 0.1) is 5.69 Å². The standard InChI is InChI=1S/C6H5BrN2O4S/c7-5-2-1-3-6(4-5)9-8-12-14(10,11)13-9/h1-4,8H. The summed E-state index contributed by atoms with van der Waals surface area (Å²) < 4.78 is 30.9. The van der Waals surface area contributed by atoms with Crippen molar-refractivity contribution in [2.45, 2.75) is 0 Å². The van der Waals surface area contributed by atoms with Gasteiger partial charge in [-0.3, -0.25) is 0 Å². The molecule has 1 aromatic rings. The van der Waals surface area contributed by atoms with Crippen LogP contribution in [0.5, 0.6) is 0 Å². The van der Waals surface area contributed by atoms with Crippen LogP contribution in [-0.4, -0.2) is 8.42 Å². The Morgan fingerprint density at radius 1 is 1.43 bits per heavy atom. The summed E-state index contributed by atoms with van der Waals surface area (Å²) in [6.07, 6.45) is 0. The zero-order valence-electron chi connectivity index (χ0n) is 6.68. The van der Waals surface area contributed by atoms with Crippen molar-refractivity contribution >= 4 is 32.0 Å². The Labute approximate surface area is 88.8 Å². The molecule has 0 radical (unpaired) electrons. The van der Waals surface area contributed by atoms with Gasteiger partial charge in [0, 0.05) is 4.47 Å². The lowest BCUT2D eigenvalue weighted by Gasteiger charge is -2.10. The minimum atomic E-state index is -3.96. The van der Waals surface area contributed by atoms with Crippen LogP contribution >= 0.6 is 15.9 Å². The summed E-state index contributed by atoms with van der Waals surface area (Å²) in [6, 6.07) is 6.85. The Bertz CT molecular complexity index is 449. The molecule has 1 heterocycles. The van der Waals surface area contributed by atoms with Crippen molar-refractivity contribution in [3.63, 3.8) is 0 Å². The first-order valence-corrected chi connectivity index (χ1v) is 5.64. The minimum Gasteiger partial charge on any atom is -0.165 e. The second kappa shape index (κ2) is 3.48. The molecule has 0 atom stereocenters. The maximum atomic E-state index is 10.7. The Balaban J connectivity index is 2.26. The number of halogens is 1. The third-order valence-corrected chi connectivity index (χ3v) is 2.53. The van der Waals surface area contributed by atoms with E-state index >= 15 is 0 Å². The number of hydrogen-bond donors (Lipinski definition) is 1. The molecule has 6 nitrogen and oxygen atoms in total. The topological polar surface area (TPSA) is 67.9 Å². The minimum absolute atomic E-state index is 0.500. The van der Waals surface area contributed by atoms with Crippen LogP contribution in [0.15, 0.2) is 28.7 Å². The zero-order valence-corrected chi connectivity index (χ0v) is 9.08. The fourth-order valence-corrected chi connectivity index (χ4v) is 1.78. The van der Waals surface area contributed by atoms with Crippen molar-refractivity contribution in [1.29, 1.82) is 0 Å². The number of nitrogens with zero attached hydrogens (tertiary/aromatic N) is 1. The van der Waals surface area contributed by atoms with Crippen molar-refractivity contribution in [2.24, 2.45) is 0 Å². The summed E-state index contributed by atoms with van der Waals surface area (Å²) in [5.41, 5.74) is 2.59. The van der Waals surface area contributed by atoms with Crippen molar-refractivity contribution < 1.29 is 17.0 Å². The second-order valence-electron chi connectivity index (χ2n) is 2.43. The van der Waals surface area contributed by atoms with Crippen LogP contribution < -0.4 is 10.8 Å². The molecule has 1 aromatic carbocycles. The third kappa shape index (κ3) is 2.04. The lowest BCUT2D eigenvalue weighted by Crippen LogP contribution is -2.28. The first-order chi connectivity index (χ1) is 6.57. The molecule has 1 N–H and O–H groups in total. The molecule has 14 heavy (non-hydrogen) atoms. The Morgan fingerprint density at radius 2 is 2.21 bits per heavy atom. The van der Waals surface area contributed by atoms with Crippen molar-refractivity contribution in [3.8, 4) is 0 Å². The second-order valence-corrected chi connectivity index (χ2v) is 4.48. The predicted octanol–water partition coefficient (Wildman–Crippen LogP) is 0.882. The van der Waals surface area contributed by atoms with Crippen LogP contribution in [0, 0.1) is 0 Å². The van der Waals surface area contributed by atoms with Gasteiger partial charge in [-0.2, -0.15) is 8.42 Å².